The van der Waals surface area contributed by atoms with E-state index >= 15 is 0 Å². The van der Waals surface area contributed by atoms with Crippen LogP contribution in [0.2, 0.25) is 10.2 Å². The highest BCUT2D eigenvalue weighted by Gasteiger charge is 2.34. The summed E-state index contributed by atoms with van der Waals surface area (Å²) in [6.07, 6.45) is 1.62. The maximum absolute atomic E-state index is 12.6. The number of aromatic nitrogens is 1. The number of imide groups is 1. The number of carbonyl (C=O) groups is 3. The van der Waals surface area contributed by atoms with Crippen LogP contribution in [0.15, 0.2) is 29.2 Å². The third kappa shape index (κ3) is 3.88. The third-order valence-corrected chi connectivity index (χ3v) is 6.29. The molecule has 1 aromatic carbocycles. The molecule has 2 aliphatic heterocycles. The summed E-state index contributed by atoms with van der Waals surface area (Å²) in [5, 5.41) is 2.78. The maximum atomic E-state index is 12.6. The quantitative estimate of drug-likeness (QED) is 0.676. The number of amides is 3. The van der Waals surface area contributed by atoms with Crippen LogP contribution in [0.3, 0.4) is 0 Å². The van der Waals surface area contributed by atoms with Gasteiger partial charge in [0.15, 0.2) is 11.5 Å². The number of hydrogen-bond acceptors (Lipinski definition) is 6. The molecule has 0 radical (unpaired) electrons. The number of ether oxygens (including phenoxy) is 2. The molecule has 1 saturated heterocycles. The average molecular weight is 468 g/mol. The Morgan fingerprint density at radius 2 is 2.00 bits per heavy atom. The number of thioether (sulfide) groups is 1. The van der Waals surface area contributed by atoms with Gasteiger partial charge in [-0.3, -0.25) is 19.3 Å². The van der Waals surface area contributed by atoms with Gasteiger partial charge in [-0.1, -0.05) is 29.3 Å². The Morgan fingerprint density at radius 1 is 1.23 bits per heavy atom. The molecular weight excluding hydrogens is 453 g/mol. The molecule has 4 rings (SSSR count). The Kier molecular flexibility index (Phi) is 5.68. The van der Waals surface area contributed by atoms with Crippen molar-refractivity contribution >= 4 is 58.1 Å². The number of nitrogens with one attached hydrogen (secondary N) is 1. The molecule has 0 spiro atoms. The van der Waals surface area contributed by atoms with Gasteiger partial charge in [-0.15, -0.1) is 0 Å². The van der Waals surface area contributed by atoms with E-state index in [0.717, 1.165) is 22.2 Å². The zero-order valence-electron chi connectivity index (χ0n) is 15.6. The van der Waals surface area contributed by atoms with E-state index in [-0.39, 0.29) is 35.8 Å². The van der Waals surface area contributed by atoms with Crippen molar-refractivity contribution in [2.45, 2.75) is 0 Å². The van der Waals surface area contributed by atoms with Crippen LogP contribution in [0.1, 0.15) is 16.1 Å². The van der Waals surface area contributed by atoms with Crippen LogP contribution >= 0.6 is 35.0 Å². The van der Waals surface area contributed by atoms with Crippen molar-refractivity contribution in [1.29, 1.82) is 0 Å². The Hall–Kier alpha value is -2.62. The zero-order valence-corrected chi connectivity index (χ0v) is 17.9. The molecule has 0 unspecified atom stereocenters. The second kappa shape index (κ2) is 8.25. The van der Waals surface area contributed by atoms with Crippen LogP contribution in [0.25, 0.3) is 6.08 Å². The summed E-state index contributed by atoms with van der Waals surface area (Å²) in [6.45, 7) is 0.289. The molecule has 3 amide bonds. The fraction of sp³-hybridized carbons (Fsp3) is 0.211. The molecule has 1 N–H and O–H groups in total. The predicted molar refractivity (Wildman–Crippen MR) is 113 cm³/mol. The molecule has 30 heavy (non-hydrogen) atoms. The highest BCUT2D eigenvalue weighted by atomic mass is 35.5. The van der Waals surface area contributed by atoms with Gasteiger partial charge >= 0.3 is 0 Å². The van der Waals surface area contributed by atoms with Gasteiger partial charge in [0.2, 0.25) is 6.79 Å². The fourth-order valence-corrected chi connectivity index (χ4v) is 4.22. The molecule has 1 fully saturated rings. The van der Waals surface area contributed by atoms with E-state index in [1.54, 1.807) is 31.3 Å². The largest absolute Gasteiger partial charge is 0.454 e. The summed E-state index contributed by atoms with van der Waals surface area (Å²) in [5.41, 5.74) is 0.998. The van der Waals surface area contributed by atoms with Crippen molar-refractivity contribution < 1.29 is 23.9 Å². The molecule has 3 heterocycles. The summed E-state index contributed by atoms with van der Waals surface area (Å²) < 4.78 is 12.0. The summed E-state index contributed by atoms with van der Waals surface area (Å²) >= 11 is 12.7. The predicted octanol–water partition coefficient (Wildman–Crippen LogP) is 3.53. The number of benzene rings is 1. The second-order valence-electron chi connectivity index (χ2n) is 6.43. The molecule has 2 aliphatic rings. The van der Waals surface area contributed by atoms with Crippen LogP contribution in [-0.2, 0) is 11.8 Å². The smallest absolute Gasteiger partial charge is 0.293 e. The standard InChI is InChI=1S/C19H15Cl2N3O5S/c1-23-12(8-11(20)16(23)21)17(25)22-4-5-24-18(26)15(30-19(24)27)7-10-2-3-13-14(6-10)29-9-28-13/h2-3,6-8H,4-5,9H2,1H3,(H,22,25)/b15-7-. The SMILES string of the molecule is Cn1c(C(=O)NCCN2C(=O)S/C(=C\c3ccc4c(c3)OCO4)C2=O)cc(Cl)c1Cl. The van der Waals surface area contributed by atoms with E-state index in [1.807, 2.05) is 0 Å². The minimum Gasteiger partial charge on any atom is -0.454 e. The molecule has 0 atom stereocenters. The van der Waals surface area contributed by atoms with Crippen LogP contribution in [0.4, 0.5) is 4.79 Å². The van der Waals surface area contributed by atoms with Gasteiger partial charge in [0.05, 0.1) is 9.93 Å². The van der Waals surface area contributed by atoms with Gasteiger partial charge < -0.3 is 19.4 Å². The van der Waals surface area contributed by atoms with E-state index in [9.17, 15) is 14.4 Å². The first-order chi connectivity index (χ1) is 14.3. The number of halogens is 2. The number of carbonyl (C=O) groups excluding carboxylic acids is 3. The van der Waals surface area contributed by atoms with Gasteiger partial charge in [0.1, 0.15) is 10.8 Å². The lowest BCUT2D eigenvalue weighted by Gasteiger charge is -2.13. The molecule has 2 aromatic rings. The van der Waals surface area contributed by atoms with Crippen molar-refractivity contribution in [2.75, 3.05) is 19.9 Å². The molecule has 1 aromatic heterocycles. The topological polar surface area (TPSA) is 89.9 Å². The lowest BCUT2D eigenvalue weighted by Crippen LogP contribution is -2.37. The molecular formula is C19H15Cl2N3O5S. The monoisotopic (exact) mass is 467 g/mol. The van der Waals surface area contributed by atoms with Gasteiger partial charge in [-0.2, -0.15) is 0 Å². The van der Waals surface area contributed by atoms with E-state index in [4.69, 9.17) is 32.7 Å². The average Bonchev–Trinajstić information content (AvgIpc) is 3.36. The number of hydrogen-bond donors (Lipinski definition) is 1. The first-order valence-corrected chi connectivity index (χ1v) is 10.4. The van der Waals surface area contributed by atoms with Gasteiger partial charge in [-0.25, -0.2) is 0 Å². The molecule has 0 saturated carbocycles. The van der Waals surface area contributed by atoms with Crippen molar-refractivity contribution in [3.05, 3.63) is 50.6 Å². The van der Waals surface area contributed by atoms with Crippen LogP contribution in [0, 0.1) is 0 Å². The number of rotatable bonds is 5. The van der Waals surface area contributed by atoms with Crippen molar-refractivity contribution in [3.8, 4) is 11.5 Å². The summed E-state index contributed by atoms with van der Waals surface area (Å²) in [5.74, 6) is 0.402. The summed E-state index contributed by atoms with van der Waals surface area (Å²) in [7, 11) is 1.61. The van der Waals surface area contributed by atoms with E-state index < -0.39 is 17.1 Å². The van der Waals surface area contributed by atoms with Crippen LogP contribution in [-0.4, -0.2) is 46.4 Å². The molecule has 0 bridgehead atoms. The molecule has 11 heteroatoms. The van der Waals surface area contributed by atoms with Gasteiger partial charge in [0, 0.05) is 20.1 Å². The number of nitrogens with zero attached hydrogens (tertiary/aromatic N) is 2. The Labute approximate surface area is 185 Å². The first kappa shape index (κ1) is 20.6. The maximum Gasteiger partial charge on any atom is 0.293 e. The Balaban J connectivity index is 1.38. The van der Waals surface area contributed by atoms with Crippen molar-refractivity contribution in [1.82, 2.24) is 14.8 Å². The van der Waals surface area contributed by atoms with Crippen LogP contribution < -0.4 is 14.8 Å². The fourth-order valence-electron chi connectivity index (χ4n) is 2.98. The third-order valence-electron chi connectivity index (χ3n) is 4.54. The van der Waals surface area contributed by atoms with E-state index in [0.29, 0.717) is 16.4 Å². The first-order valence-electron chi connectivity index (χ1n) is 8.79. The summed E-state index contributed by atoms with van der Waals surface area (Å²) in [6, 6.07) is 6.72. The summed E-state index contributed by atoms with van der Waals surface area (Å²) in [4.78, 5) is 38.5. The van der Waals surface area contributed by atoms with Crippen molar-refractivity contribution in [2.24, 2.45) is 7.05 Å². The van der Waals surface area contributed by atoms with Gasteiger partial charge in [0.25, 0.3) is 17.1 Å². The lowest BCUT2D eigenvalue weighted by molar-refractivity contribution is -0.122. The highest BCUT2D eigenvalue weighted by Crippen LogP contribution is 2.36. The molecule has 156 valence electrons. The minimum atomic E-state index is -0.415. The molecule has 8 nitrogen and oxygen atoms in total. The molecule has 0 aliphatic carbocycles. The van der Waals surface area contributed by atoms with Crippen molar-refractivity contribution in [3.63, 3.8) is 0 Å². The van der Waals surface area contributed by atoms with Gasteiger partial charge in [-0.05, 0) is 41.6 Å². The minimum absolute atomic E-state index is 0.0424. The Morgan fingerprint density at radius 3 is 2.73 bits per heavy atom. The van der Waals surface area contributed by atoms with E-state index in [2.05, 4.69) is 5.32 Å². The zero-order chi connectivity index (χ0) is 21.4. The van der Waals surface area contributed by atoms with Crippen LogP contribution in [0.5, 0.6) is 11.5 Å². The Bertz CT molecular complexity index is 1100. The highest BCUT2D eigenvalue weighted by molar-refractivity contribution is 8.18. The normalized spacial score (nSPS) is 16.6. The number of fused-ring (bicyclic) bond motifs is 1. The van der Waals surface area contributed by atoms with E-state index in [1.165, 1.54) is 10.6 Å². The lowest BCUT2D eigenvalue weighted by atomic mass is 10.2. The second-order valence-corrected chi connectivity index (χ2v) is 8.19.